The Morgan fingerprint density at radius 2 is 1.62 bits per heavy atom. The van der Waals surface area contributed by atoms with Crippen LogP contribution in [0.15, 0.2) is 29.2 Å². The Labute approximate surface area is 171 Å². The molecule has 0 aromatic heterocycles. The van der Waals surface area contributed by atoms with Gasteiger partial charge in [-0.2, -0.15) is 8.42 Å². The Morgan fingerprint density at radius 1 is 0.966 bits per heavy atom. The van der Waals surface area contributed by atoms with Gasteiger partial charge in [-0.25, -0.2) is 0 Å². The molecule has 29 heavy (non-hydrogen) atoms. The molecule has 0 radical (unpaired) electrons. The number of aryl methyl sites for hydroxylation is 1. The maximum atomic E-state index is 12.5. The molecule has 0 aliphatic carbocycles. The second kappa shape index (κ2) is 7.26. The van der Waals surface area contributed by atoms with Crippen LogP contribution in [0.3, 0.4) is 0 Å². The monoisotopic (exact) mass is 428 g/mol. The van der Waals surface area contributed by atoms with Crippen LogP contribution in [0, 0.1) is 6.92 Å². The summed E-state index contributed by atoms with van der Waals surface area (Å²) in [6.45, 7) is 9.39. The Morgan fingerprint density at radius 3 is 2.24 bits per heavy atom. The van der Waals surface area contributed by atoms with E-state index in [1.807, 2.05) is 34.6 Å². The third-order valence-electron chi connectivity index (χ3n) is 5.28. The topological polar surface area (TPSA) is 89.5 Å². The molecule has 3 aliphatic rings. The zero-order chi connectivity index (χ0) is 21.0. The van der Waals surface area contributed by atoms with Crippen molar-refractivity contribution in [3.63, 3.8) is 0 Å². The first kappa shape index (κ1) is 21.2. The van der Waals surface area contributed by atoms with Crippen LogP contribution in [0.4, 0.5) is 0 Å². The van der Waals surface area contributed by atoms with E-state index in [0.717, 1.165) is 5.56 Å². The molecule has 0 bridgehead atoms. The highest BCUT2D eigenvalue weighted by Crippen LogP contribution is 2.42. The maximum absolute atomic E-state index is 12.5. The number of rotatable bonds is 5. The maximum Gasteiger partial charge on any atom is 0.297 e. The minimum absolute atomic E-state index is 0.104. The molecule has 0 amide bonds. The molecule has 3 saturated heterocycles. The number of hydrogen-bond acceptors (Lipinski definition) is 8. The van der Waals surface area contributed by atoms with Crippen LogP contribution in [0.5, 0.6) is 0 Å². The standard InChI is InChI=1S/C20H28O8S/c1-12-6-8-13(9-7-12)29(21,22)24-11-14-17-18(28-20(4,5)27-17)16(25-14)15-10-23-19(2,3)26-15/h6-9,14-18H,10-11H2,1-5H3/t14-,15-,16-,17-,18+/m1/s1. The highest BCUT2D eigenvalue weighted by molar-refractivity contribution is 7.86. The van der Waals surface area contributed by atoms with E-state index in [1.165, 1.54) is 12.1 Å². The van der Waals surface area contributed by atoms with Gasteiger partial charge in [0.25, 0.3) is 10.1 Å². The van der Waals surface area contributed by atoms with Crippen molar-refractivity contribution in [3.8, 4) is 0 Å². The number of benzene rings is 1. The van der Waals surface area contributed by atoms with Gasteiger partial charge in [-0.05, 0) is 46.8 Å². The molecule has 1 aromatic rings. The average molecular weight is 429 g/mol. The van der Waals surface area contributed by atoms with E-state index in [2.05, 4.69) is 0 Å². The lowest BCUT2D eigenvalue weighted by Gasteiger charge is -2.27. The van der Waals surface area contributed by atoms with Crippen molar-refractivity contribution in [2.75, 3.05) is 13.2 Å². The molecule has 0 unspecified atom stereocenters. The number of hydrogen-bond donors (Lipinski definition) is 0. The molecule has 3 heterocycles. The van der Waals surface area contributed by atoms with Gasteiger partial charge in [-0.1, -0.05) is 17.7 Å². The van der Waals surface area contributed by atoms with E-state index in [1.54, 1.807) is 12.1 Å². The van der Waals surface area contributed by atoms with Gasteiger partial charge in [0.1, 0.15) is 30.5 Å². The van der Waals surface area contributed by atoms with Gasteiger partial charge in [0, 0.05) is 0 Å². The van der Waals surface area contributed by atoms with Crippen LogP contribution < -0.4 is 0 Å². The molecule has 0 saturated carbocycles. The fourth-order valence-electron chi connectivity index (χ4n) is 3.96. The predicted molar refractivity (Wildman–Crippen MR) is 102 cm³/mol. The van der Waals surface area contributed by atoms with E-state index < -0.39 is 46.1 Å². The second-order valence-electron chi connectivity index (χ2n) is 8.62. The minimum atomic E-state index is -3.91. The largest absolute Gasteiger partial charge is 0.364 e. The van der Waals surface area contributed by atoms with Crippen molar-refractivity contribution < 1.29 is 36.3 Å². The Balaban J connectivity index is 1.48. The predicted octanol–water partition coefficient (Wildman–Crippen LogP) is 2.14. The van der Waals surface area contributed by atoms with Crippen LogP contribution in [0.1, 0.15) is 33.3 Å². The zero-order valence-electron chi connectivity index (χ0n) is 17.3. The molecular formula is C20H28O8S. The smallest absolute Gasteiger partial charge is 0.297 e. The van der Waals surface area contributed by atoms with E-state index in [4.69, 9.17) is 27.9 Å². The lowest BCUT2D eigenvalue weighted by atomic mass is 10.0. The van der Waals surface area contributed by atoms with Gasteiger partial charge in [0.2, 0.25) is 0 Å². The lowest BCUT2D eigenvalue weighted by molar-refractivity contribution is -0.208. The SMILES string of the molecule is Cc1ccc(S(=O)(=O)OC[C@H]2O[C@H]([C@H]3COC(C)(C)O3)[C@@H]3OC(C)(C)O[C@@H]32)cc1. The molecule has 1 aromatic carbocycles. The summed E-state index contributed by atoms with van der Waals surface area (Å²) in [6, 6.07) is 6.50. The molecule has 3 aliphatic heterocycles. The zero-order valence-corrected chi connectivity index (χ0v) is 18.1. The highest BCUT2D eigenvalue weighted by Gasteiger charge is 2.59. The van der Waals surface area contributed by atoms with E-state index in [9.17, 15) is 8.42 Å². The van der Waals surface area contributed by atoms with Gasteiger partial charge in [0.05, 0.1) is 18.1 Å². The molecule has 5 atom stereocenters. The molecule has 9 heteroatoms. The number of fused-ring (bicyclic) bond motifs is 1. The summed E-state index contributed by atoms with van der Waals surface area (Å²) in [4.78, 5) is 0.104. The number of ether oxygens (including phenoxy) is 5. The molecule has 8 nitrogen and oxygen atoms in total. The summed E-state index contributed by atoms with van der Waals surface area (Å²) in [6.07, 6.45) is -2.26. The lowest BCUT2D eigenvalue weighted by Crippen LogP contribution is -2.40. The van der Waals surface area contributed by atoms with Crippen LogP contribution in [0.25, 0.3) is 0 Å². The van der Waals surface area contributed by atoms with Crippen LogP contribution >= 0.6 is 0 Å². The quantitative estimate of drug-likeness (QED) is 0.659. The molecule has 0 spiro atoms. The van der Waals surface area contributed by atoms with E-state index in [-0.39, 0.29) is 17.6 Å². The Bertz CT molecular complexity index is 848. The van der Waals surface area contributed by atoms with E-state index >= 15 is 0 Å². The van der Waals surface area contributed by atoms with E-state index in [0.29, 0.717) is 6.61 Å². The van der Waals surface area contributed by atoms with Crippen LogP contribution in [-0.4, -0.2) is 63.7 Å². The van der Waals surface area contributed by atoms with Crippen molar-refractivity contribution in [2.45, 2.75) is 81.6 Å². The van der Waals surface area contributed by atoms with Crippen LogP contribution in [0.2, 0.25) is 0 Å². The highest BCUT2D eigenvalue weighted by atomic mass is 32.2. The summed E-state index contributed by atoms with van der Waals surface area (Å²) < 4.78 is 60.1. The van der Waals surface area contributed by atoms with Gasteiger partial charge in [0.15, 0.2) is 11.6 Å². The fraction of sp³-hybridized carbons (Fsp3) is 0.700. The summed E-state index contributed by atoms with van der Waals surface area (Å²) in [5, 5.41) is 0. The fourth-order valence-corrected chi connectivity index (χ4v) is 4.87. The van der Waals surface area contributed by atoms with Crippen molar-refractivity contribution in [1.29, 1.82) is 0 Å². The third kappa shape index (κ3) is 4.36. The third-order valence-corrected chi connectivity index (χ3v) is 6.58. The van der Waals surface area contributed by atoms with Crippen LogP contribution in [-0.2, 0) is 38.0 Å². The van der Waals surface area contributed by atoms with Gasteiger partial charge >= 0.3 is 0 Å². The van der Waals surface area contributed by atoms with Crippen molar-refractivity contribution in [2.24, 2.45) is 0 Å². The van der Waals surface area contributed by atoms with Crippen molar-refractivity contribution in [1.82, 2.24) is 0 Å². The minimum Gasteiger partial charge on any atom is -0.364 e. The second-order valence-corrected chi connectivity index (χ2v) is 10.2. The van der Waals surface area contributed by atoms with Gasteiger partial charge in [-0.15, -0.1) is 0 Å². The summed E-state index contributed by atoms with van der Waals surface area (Å²) >= 11 is 0. The molecule has 162 valence electrons. The first-order chi connectivity index (χ1) is 13.5. The van der Waals surface area contributed by atoms with Gasteiger partial charge in [-0.3, -0.25) is 4.18 Å². The summed E-state index contributed by atoms with van der Waals surface area (Å²) in [5.74, 6) is -1.51. The van der Waals surface area contributed by atoms with Crippen molar-refractivity contribution >= 4 is 10.1 Å². The molecule has 0 N–H and O–H groups in total. The van der Waals surface area contributed by atoms with Crippen molar-refractivity contribution in [3.05, 3.63) is 29.8 Å². The first-order valence-electron chi connectivity index (χ1n) is 9.75. The van der Waals surface area contributed by atoms with Gasteiger partial charge < -0.3 is 23.7 Å². The summed E-state index contributed by atoms with van der Waals surface area (Å²) in [5.41, 5.74) is 0.967. The summed E-state index contributed by atoms with van der Waals surface area (Å²) in [7, 11) is -3.91. The normalized spacial score (nSPS) is 35.7. The average Bonchev–Trinajstić information content (AvgIpc) is 3.23. The Kier molecular flexibility index (Phi) is 5.30. The molecule has 4 rings (SSSR count). The molecule has 3 fully saturated rings. The first-order valence-corrected chi connectivity index (χ1v) is 11.2. The molecular weight excluding hydrogens is 400 g/mol. The Hall–Kier alpha value is -1.07.